The van der Waals surface area contributed by atoms with Gasteiger partial charge in [0.05, 0.1) is 4.88 Å². The molecular formula is C15H22O2S. The van der Waals surface area contributed by atoms with E-state index in [-0.39, 0.29) is 0 Å². The lowest BCUT2D eigenvalue weighted by Crippen LogP contribution is -2.15. The van der Waals surface area contributed by atoms with E-state index in [0.717, 1.165) is 30.4 Å². The zero-order valence-corrected chi connectivity index (χ0v) is 11.9. The Morgan fingerprint density at radius 1 is 1.33 bits per heavy atom. The second-order valence-corrected chi connectivity index (χ2v) is 6.42. The molecule has 0 atom stereocenters. The van der Waals surface area contributed by atoms with Crippen molar-refractivity contribution in [3.05, 3.63) is 21.9 Å². The third-order valence-electron chi connectivity index (χ3n) is 3.62. The van der Waals surface area contributed by atoms with Crippen LogP contribution in [-0.4, -0.2) is 19.0 Å². The quantitative estimate of drug-likeness (QED) is 0.569. The maximum Gasteiger partial charge on any atom is 0.172 e. The molecule has 18 heavy (non-hydrogen) atoms. The molecule has 0 bridgehead atoms. The van der Waals surface area contributed by atoms with Gasteiger partial charge in [0.25, 0.3) is 0 Å². The van der Waals surface area contributed by atoms with Crippen LogP contribution in [0, 0.1) is 12.8 Å². The van der Waals surface area contributed by atoms with Crippen molar-refractivity contribution >= 4 is 17.1 Å². The molecule has 0 saturated carbocycles. The van der Waals surface area contributed by atoms with Gasteiger partial charge >= 0.3 is 0 Å². The van der Waals surface area contributed by atoms with E-state index in [1.165, 1.54) is 30.6 Å². The van der Waals surface area contributed by atoms with Crippen molar-refractivity contribution < 1.29 is 9.53 Å². The normalized spacial score (nSPS) is 16.9. The molecule has 1 aromatic rings. The number of ether oxygens (including phenoxy) is 1. The maximum atomic E-state index is 11.9. The number of Topliss-reactive ketones (excluding diaryl/α,β-unsaturated/α-hetero) is 1. The first-order valence-electron chi connectivity index (χ1n) is 6.93. The van der Waals surface area contributed by atoms with Gasteiger partial charge in [0.15, 0.2) is 5.78 Å². The molecule has 1 aromatic heterocycles. The summed E-state index contributed by atoms with van der Waals surface area (Å²) in [7, 11) is 0. The summed E-state index contributed by atoms with van der Waals surface area (Å²) < 4.78 is 5.35. The second-order valence-electron chi connectivity index (χ2n) is 5.14. The molecule has 0 amide bonds. The Morgan fingerprint density at radius 2 is 2.11 bits per heavy atom. The maximum absolute atomic E-state index is 11.9. The number of hydrogen-bond acceptors (Lipinski definition) is 3. The van der Waals surface area contributed by atoms with Crippen molar-refractivity contribution in [3.63, 3.8) is 0 Å². The fourth-order valence-corrected chi connectivity index (χ4v) is 3.30. The zero-order valence-electron chi connectivity index (χ0n) is 11.1. The van der Waals surface area contributed by atoms with Gasteiger partial charge in [0.1, 0.15) is 0 Å². The number of aryl methyl sites for hydroxylation is 1. The lowest BCUT2D eigenvalue weighted by atomic mass is 9.93. The summed E-state index contributed by atoms with van der Waals surface area (Å²) in [5.41, 5.74) is 0. The Bertz CT molecular complexity index is 378. The van der Waals surface area contributed by atoms with E-state index in [1.54, 1.807) is 11.3 Å². The van der Waals surface area contributed by atoms with Crippen LogP contribution in [0.3, 0.4) is 0 Å². The summed E-state index contributed by atoms with van der Waals surface area (Å²) in [5.74, 6) is 1.15. The van der Waals surface area contributed by atoms with Crippen LogP contribution in [0.25, 0.3) is 0 Å². The largest absolute Gasteiger partial charge is 0.381 e. The zero-order chi connectivity index (χ0) is 12.8. The smallest absolute Gasteiger partial charge is 0.172 e. The highest BCUT2D eigenvalue weighted by Gasteiger charge is 2.13. The summed E-state index contributed by atoms with van der Waals surface area (Å²) in [6.45, 7) is 3.91. The Labute approximate surface area is 113 Å². The molecule has 1 aliphatic heterocycles. The Morgan fingerprint density at radius 3 is 2.78 bits per heavy atom. The minimum atomic E-state index is 0.320. The van der Waals surface area contributed by atoms with Crippen LogP contribution in [0.15, 0.2) is 12.1 Å². The Kier molecular flexibility index (Phi) is 5.39. The summed E-state index contributed by atoms with van der Waals surface area (Å²) in [6.07, 6.45) is 6.60. The second kappa shape index (κ2) is 7.05. The minimum Gasteiger partial charge on any atom is -0.381 e. The van der Waals surface area contributed by atoms with E-state index in [1.807, 2.05) is 19.1 Å². The summed E-state index contributed by atoms with van der Waals surface area (Å²) in [6, 6.07) is 3.99. The van der Waals surface area contributed by atoms with Crippen LogP contribution in [0.1, 0.15) is 53.1 Å². The molecule has 100 valence electrons. The monoisotopic (exact) mass is 266 g/mol. The standard InChI is InChI=1S/C15H22O2S/c1-12-6-7-15(18-12)14(16)5-3-2-4-13-8-10-17-11-9-13/h6-7,13H,2-5,8-11H2,1H3. The van der Waals surface area contributed by atoms with E-state index in [4.69, 9.17) is 4.74 Å². The fraction of sp³-hybridized carbons (Fsp3) is 0.667. The van der Waals surface area contributed by atoms with Crippen LogP contribution in [0.2, 0.25) is 0 Å². The highest BCUT2D eigenvalue weighted by molar-refractivity contribution is 7.14. The molecule has 1 aliphatic rings. The molecule has 2 heterocycles. The highest BCUT2D eigenvalue weighted by Crippen LogP contribution is 2.22. The Balaban J connectivity index is 1.61. The first kappa shape index (κ1) is 13.8. The molecule has 0 spiro atoms. The molecule has 0 unspecified atom stereocenters. The molecule has 0 aromatic carbocycles. The van der Waals surface area contributed by atoms with E-state index < -0.39 is 0 Å². The molecule has 3 heteroatoms. The van der Waals surface area contributed by atoms with Gasteiger partial charge in [-0.3, -0.25) is 4.79 Å². The van der Waals surface area contributed by atoms with Gasteiger partial charge in [-0.25, -0.2) is 0 Å². The van der Waals surface area contributed by atoms with E-state index in [2.05, 4.69) is 0 Å². The predicted octanol–water partition coefficient (Wildman–Crippen LogP) is 4.23. The average Bonchev–Trinajstić information content (AvgIpc) is 2.82. The molecule has 0 N–H and O–H groups in total. The minimum absolute atomic E-state index is 0.320. The number of thiophene rings is 1. The van der Waals surface area contributed by atoms with Gasteiger partial charge in [-0.15, -0.1) is 11.3 Å². The van der Waals surface area contributed by atoms with Crippen LogP contribution in [0.4, 0.5) is 0 Å². The van der Waals surface area contributed by atoms with Crippen molar-refractivity contribution in [1.29, 1.82) is 0 Å². The third-order valence-corrected chi connectivity index (χ3v) is 4.66. The SMILES string of the molecule is Cc1ccc(C(=O)CCCCC2CCOCC2)s1. The Hall–Kier alpha value is -0.670. The lowest BCUT2D eigenvalue weighted by Gasteiger charge is -2.21. The van der Waals surface area contributed by atoms with E-state index in [0.29, 0.717) is 12.2 Å². The molecule has 2 nitrogen and oxygen atoms in total. The van der Waals surface area contributed by atoms with Crippen LogP contribution >= 0.6 is 11.3 Å². The molecule has 2 rings (SSSR count). The number of carbonyl (C=O) groups is 1. The summed E-state index contributed by atoms with van der Waals surface area (Å²) >= 11 is 1.62. The number of rotatable bonds is 6. The fourth-order valence-electron chi connectivity index (χ4n) is 2.46. The predicted molar refractivity (Wildman–Crippen MR) is 75.4 cm³/mol. The van der Waals surface area contributed by atoms with Crippen LogP contribution in [0.5, 0.6) is 0 Å². The molecular weight excluding hydrogens is 244 g/mol. The lowest BCUT2D eigenvalue weighted by molar-refractivity contribution is 0.0630. The van der Waals surface area contributed by atoms with Gasteiger partial charge in [-0.05, 0) is 44.2 Å². The van der Waals surface area contributed by atoms with Gasteiger partial charge in [0, 0.05) is 24.5 Å². The van der Waals surface area contributed by atoms with Crippen molar-refractivity contribution in [3.8, 4) is 0 Å². The van der Waals surface area contributed by atoms with Gasteiger partial charge in [-0.2, -0.15) is 0 Å². The highest BCUT2D eigenvalue weighted by atomic mass is 32.1. The van der Waals surface area contributed by atoms with Crippen LogP contribution in [-0.2, 0) is 4.74 Å². The van der Waals surface area contributed by atoms with E-state index >= 15 is 0 Å². The number of unbranched alkanes of at least 4 members (excludes halogenated alkanes) is 1. The molecule has 0 radical (unpaired) electrons. The van der Waals surface area contributed by atoms with Crippen LogP contribution < -0.4 is 0 Å². The van der Waals surface area contributed by atoms with Crippen molar-refractivity contribution in [2.45, 2.75) is 45.4 Å². The number of carbonyl (C=O) groups excluding carboxylic acids is 1. The third kappa shape index (κ3) is 4.21. The molecule has 0 aliphatic carbocycles. The summed E-state index contributed by atoms with van der Waals surface area (Å²) in [4.78, 5) is 14.1. The number of hydrogen-bond donors (Lipinski definition) is 0. The van der Waals surface area contributed by atoms with Gasteiger partial charge in [0.2, 0.25) is 0 Å². The molecule has 1 fully saturated rings. The van der Waals surface area contributed by atoms with Gasteiger partial charge < -0.3 is 4.74 Å². The first-order chi connectivity index (χ1) is 8.75. The summed E-state index contributed by atoms with van der Waals surface area (Å²) in [5, 5.41) is 0. The topological polar surface area (TPSA) is 26.3 Å². The first-order valence-corrected chi connectivity index (χ1v) is 7.75. The van der Waals surface area contributed by atoms with Crippen molar-refractivity contribution in [1.82, 2.24) is 0 Å². The van der Waals surface area contributed by atoms with Crippen molar-refractivity contribution in [2.75, 3.05) is 13.2 Å². The van der Waals surface area contributed by atoms with Crippen molar-refractivity contribution in [2.24, 2.45) is 5.92 Å². The average molecular weight is 266 g/mol. The van der Waals surface area contributed by atoms with Gasteiger partial charge in [-0.1, -0.05) is 12.8 Å². The number of ketones is 1. The molecule has 1 saturated heterocycles. The van der Waals surface area contributed by atoms with E-state index in [9.17, 15) is 4.79 Å².